The molecule has 0 bridgehead atoms. The molecule has 0 aliphatic rings. The van der Waals surface area contributed by atoms with Crippen LogP contribution in [0.25, 0.3) is 0 Å². The maximum Gasteiger partial charge on any atom is 0.167 e. The van der Waals surface area contributed by atoms with Crippen molar-refractivity contribution in [3.05, 3.63) is 67.2 Å². The lowest BCUT2D eigenvalue weighted by Crippen LogP contribution is -2.04. The van der Waals surface area contributed by atoms with Gasteiger partial charge in [-0.2, -0.15) is 0 Å². The average Bonchev–Trinajstić information content (AvgIpc) is 2.35. The SMILES string of the molecule is O=C(Cc1ccccc1Cl)c1ccc(I)c(Cl)c1. The Kier molecular flexibility index (Phi) is 4.65. The van der Waals surface area contributed by atoms with E-state index < -0.39 is 0 Å². The predicted molar refractivity (Wildman–Crippen MR) is 83.7 cm³/mol. The maximum atomic E-state index is 12.1. The summed E-state index contributed by atoms with van der Waals surface area (Å²) in [5.74, 6) is 0.0152. The first-order valence-corrected chi connectivity index (χ1v) is 7.13. The van der Waals surface area contributed by atoms with Crippen molar-refractivity contribution in [2.45, 2.75) is 6.42 Å². The lowest BCUT2D eigenvalue weighted by molar-refractivity contribution is 0.0993. The molecule has 0 heterocycles. The van der Waals surface area contributed by atoms with Crippen LogP contribution in [0.15, 0.2) is 42.5 Å². The summed E-state index contributed by atoms with van der Waals surface area (Å²) in [5.41, 5.74) is 1.44. The lowest BCUT2D eigenvalue weighted by atomic mass is 10.0. The van der Waals surface area contributed by atoms with Gasteiger partial charge in [-0.3, -0.25) is 4.79 Å². The van der Waals surface area contributed by atoms with E-state index in [0.29, 0.717) is 15.6 Å². The van der Waals surface area contributed by atoms with Crippen LogP contribution >= 0.6 is 45.8 Å². The summed E-state index contributed by atoms with van der Waals surface area (Å²) in [4.78, 5) is 12.1. The molecular formula is C14H9Cl2IO. The summed E-state index contributed by atoms with van der Waals surface area (Å²) in [6.45, 7) is 0. The first kappa shape index (κ1) is 13.8. The van der Waals surface area contributed by atoms with Gasteiger partial charge < -0.3 is 0 Å². The molecule has 4 heteroatoms. The highest BCUT2D eigenvalue weighted by atomic mass is 127. The summed E-state index contributed by atoms with van der Waals surface area (Å²) in [6, 6.07) is 12.7. The third kappa shape index (κ3) is 3.25. The molecule has 0 aliphatic heterocycles. The average molecular weight is 391 g/mol. The minimum atomic E-state index is 0.0152. The number of rotatable bonds is 3. The molecule has 18 heavy (non-hydrogen) atoms. The van der Waals surface area contributed by atoms with Gasteiger partial charge in [-0.1, -0.05) is 47.5 Å². The molecule has 2 aromatic rings. The fourth-order valence-corrected chi connectivity index (χ4v) is 2.30. The zero-order valence-corrected chi connectivity index (χ0v) is 13.0. The van der Waals surface area contributed by atoms with E-state index in [2.05, 4.69) is 22.6 Å². The number of carbonyl (C=O) groups is 1. The topological polar surface area (TPSA) is 17.1 Å². The van der Waals surface area contributed by atoms with Crippen LogP contribution < -0.4 is 0 Å². The third-order valence-corrected chi connectivity index (χ3v) is 4.49. The van der Waals surface area contributed by atoms with Crippen LogP contribution in [0.5, 0.6) is 0 Å². The van der Waals surface area contributed by atoms with Crippen molar-refractivity contribution in [3.8, 4) is 0 Å². The summed E-state index contributed by atoms with van der Waals surface area (Å²) >= 11 is 14.2. The molecule has 0 aliphatic carbocycles. The van der Waals surface area contributed by atoms with Crippen LogP contribution in [0, 0.1) is 3.57 Å². The van der Waals surface area contributed by atoms with Gasteiger partial charge in [-0.25, -0.2) is 0 Å². The highest BCUT2D eigenvalue weighted by molar-refractivity contribution is 14.1. The first-order valence-electron chi connectivity index (χ1n) is 5.29. The van der Waals surface area contributed by atoms with Gasteiger partial charge in [0.1, 0.15) is 0 Å². The fraction of sp³-hybridized carbons (Fsp3) is 0.0714. The highest BCUT2D eigenvalue weighted by Crippen LogP contribution is 2.22. The van der Waals surface area contributed by atoms with Crippen LogP contribution in [0.1, 0.15) is 15.9 Å². The van der Waals surface area contributed by atoms with Crippen molar-refractivity contribution in [2.24, 2.45) is 0 Å². The number of Topliss-reactive ketones (excluding diaryl/α,β-unsaturated/α-hetero) is 1. The van der Waals surface area contributed by atoms with E-state index in [9.17, 15) is 4.79 Å². The highest BCUT2D eigenvalue weighted by Gasteiger charge is 2.10. The quantitative estimate of drug-likeness (QED) is 0.531. The Balaban J connectivity index is 2.22. The summed E-state index contributed by atoms with van der Waals surface area (Å²) in [5, 5.41) is 1.21. The number of carbonyl (C=O) groups excluding carboxylic acids is 1. The van der Waals surface area contributed by atoms with Gasteiger partial charge in [-0.05, 0) is 46.4 Å². The molecule has 0 saturated heterocycles. The second kappa shape index (κ2) is 6.04. The van der Waals surface area contributed by atoms with Gasteiger partial charge in [0.2, 0.25) is 0 Å². The van der Waals surface area contributed by atoms with Crippen molar-refractivity contribution in [2.75, 3.05) is 0 Å². The Hall–Kier alpha value is -0.580. The van der Waals surface area contributed by atoms with Crippen molar-refractivity contribution in [1.82, 2.24) is 0 Å². The van der Waals surface area contributed by atoms with E-state index in [0.717, 1.165) is 9.13 Å². The van der Waals surface area contributed by atoms with Gasteiger partial charge >= 0.3 is 0 Å². The van der Waals surface area contributed by atoms with Gasteiger partial charge in [-0.15, -0.1) is 0 Å². The maximum absolute atomic E-state index is 12.1. The van der Waals surface area contributed by atoms with E-state index in [4.69, 9.17) is 23.2 Å². The number of halogens is 3. The second-order valence-corrected chi connectivity index (χ2v) is 5.80. The summed E-state index contributed by atoms with van der Waals surface area (Å²) in [6.07, 6.45) is 0.288. The van der Waals surface area contributed by atoms with E-state index >= 15 is 0 Å². The Bertz CT molecular complexity index is 596. The Labute approximate surface area is 129 Å². The third-order valence-electron chi connectivity index (χ3n) is 2.55. The molecule has 0 aromatic heterocycles. The number of hydrogen-bond acceptors (Lipinski definition) is 1. The molecule has 0 radical (unpaired) electrons. The normalized spacial score (nSPS) is 10.4. The summed E-state index contributed by atoms with van der Waals surface area (Å²) < 4.78 is 0.934. The standard InChI is InChI=1S/C14H9Cl2IO/c15-11-4-2-1-3-9(11)8-14(18)10-5-6-13(17)12(16)7-10/h1-7H,8H2. The molecule has 0 spiro atoms. The minimum absolute atomic E-state index is 0.0152. The zero-order chi connectivity index (χ0) is 13.1. The largest absolute Gasteiger partial charge is 0.294 e. The van der Waals surface area contributed by atoms with Crippen LogP contribution in [-0.2, 0) is 6.42 Å². The van der Waals surface area contributed by atoms with Crippen LogP contribution in [-0.4, -0.2) is 5.78 Å². The molecule has 2 aromatic carbocycles. The molecule has 0 saturated carbocycles. The second-order valence-electron chi connectivity index (χ2n) is 3.82. The van der Waals surface area contributed by atoms with Crippen molar-refractivity contribution in [3.63, 3.8) is 0 Å². The summed E-state index contributed by atoms with van der Waals surface area (Å²) in [7, 11) is 0. The smallest absolute Gasteiger partial charge is 0.167 e. The monoisotopic (exact) mass is 390 g/mol. The molecule has 0 N–H and O–H groups in total. The molecule has 0 amide bonds. The van der Waals surface area contributed by atoms with Crippen LogP contribution in [0.4, 0.5) is 0 Å². The van der Waals surface area contributed by atoms with Crippen molar-refractivity contribution < 1.29 is 4.79 Å². The number of benzene rings is 2. The molecule has 1 nitrogen and oxygen atoms in total. The van der Waals surface area contributed by atoms with E-state index in [-0.39, 0.29) is 12.2 Å². The number of ketones is 1. The fourth-order valence-electron chi connectivity index (χ4n) is 1.59. The van der Waals surface area contributed by atoms with Gasteiger partial charge in [0.25, 0.3) is 0 Å². The van der Waals surface area contributed by atoms with Gasteiger partial charge in [0, 0.05) is 20.6 Å². The predicted octanol–water partition coefficient (Wildman–Crippen LogP) is 5.02. The van der Waals surface area contributed by atoms with Crippen LogP contribution in [0.3, 0.4) is 0 Å². The molecular weight excluding hydrogens is 382 g/mol. The van der Waals surface area contributed by atoms with Gasteiger partial charge in [0.05, 0.1) is 5.02 Å². The lowest BCUT2D eigenvalue weighted by Gasteiger charge is -2.05. The molecule has 0 fully saturated rings. The van der Waals surface area contributed by atoms with Crippen molar-refractivity contribution in [1.29, 1.82) is 0 Å². The number of hydrogen-bond donors (Lipinski definition) is 0. The first-order chi connectivity index (χ1) is 8.58. The van der Waals surface area contributed by atoms with E-state index in [1.807, 2.05) is 24.3 Å². The van der Waals surface area contributed by atoms with Crippen LogP contribution in [0.2, 0.25) is 10.0 Å². The minimum Gasteiger partial charge on any atom is -0.294 e. The Morgan fingerprint density at radius 3 is 2.44 bits per heavy atom. The Morgan fingerprint density at radius 1 is 1.06 bits per heavy atom. The molecule has 92 valence electrons. The van der Waals surface area contributed by atoms with E-state index in [1.165, 1.54) is 0 Å². The molecule has 2 rings (SSSR count). The molecule has 0 atom stereocenters. The molecule has 0 unspecified atom stereocenters. The zero-order valence-electron chi connectivity index (χ0n) is 9.29. The van der Waals surface area contributed by atoms with Gasteiger partial charge in [0.15, 0.2) is 5.78 Å². The Morgan fingerprint density at radius 2 is 1.78 bits per heavy atom. The van der Waals surface area contributed by atoms with Crippen molar-refractivity contribution >= 4 is 51.6 Å². The van der Waals surface area contributed by atoms with E-state index in [1.54, 1.807) is 18.2 Å².